The molecule has 0 fully saturated rings. The first-order valence-corrected chi connectivity index (χ1v) is 6.14. The summed E-state index contributed by atoms with van der Waals surface area (Å²) in [5.74, 6) is -0.974. The Kier molecular flexibility index (Phi) is 5.03. The van der Waals surface area contributed by atoms with Crippen molar-refractivity contribution in [3.05, 3.63) is 28.0 Å². The summed E-state index contributed by atoms with van der Waals surface area (Å²) in [6.07, 6.45) is 0. The van der Waals surface area contributed by atoms with Crippen LogP contribution in [0, 0.1) is 5.82 Å². The zero-order chi connectivity index (χ0) is 13.9. The first-order chi connectivity index (χ1) is 8.38. The molecule has 1 aromatic rings. The Labute approximate surface area is 118 Å². The molecule has 0 spiro atoms. The van der Waals surface area contributed by atoms with Gasteiger partial charge in [0.1, 0.15) is 11.5 Å². The van der Waals surface area contributed by atoms with Gasteiger partial charge in [0.2, 0.25) is 0 Å². The van der Waals surface area contributed by atoms with Gasteiger partial charge in [0.05, 0.1) is 17.3 Å². The maximum Gasteiger partial charge on any atom is 0.325 e. The number of hydrogen-bond donors (Lipinski definition) is 1. The number of ether oxygens (including phenoxy) is 1. The fourth-order valence-corrected chi connectivity index (χ4v) is 2.22. The Morgan fingerprint density at radius 1 is 1.61 bits per heavy atom. The van der Waals surface area contributed by atoms with Crippen LogP contribution >= 0.6 is 28.1 Å². The van der Waals surface area contributed by atoms with E-state index >= 15 is 0 Å². The van der Waals surface area contributed by atoms with E-state index < -0.39 is 11.8 Å². The lowest BCUT2D eigenvalue weighted by atomic mass is 10.2. The quantitative estimate of drug-likeness (QED) is 0.672. The van der Waals surface area contributed by atoms with Crippen LogP contribution in [-0.2, 0) is 9.53 Å². The number of likely N-dealkylation sites (N-methyl/N-ethyl adjacent to an activating group) is 1. The Bertz CT molecular complexity index is 496. The summed E-state index contributed by atoms with van der Waals surface area (Å²) in [7, 11) is 2.86. The molecule has 18 heavy (non-hydrogen) atoms. The second kappa shape index (κ2) is 6.10. The molecule has 0 atom stereocenters. The second-order valence-electron chi connectivity index (χ2n) is 3.56. The predicted octanol–water partition coefficient (Wildman–Crippen LogP) is 1.83. The number of hydrogen-bond acceptors (Lipinski definition) is 4. The number of carbonyl (C=O) groups excluding carboxylic acids is 1. The van der Waals surface area contributed by atoms with Crippen molar-refractivity contribution < 1.29 is 13.9 Å². The van der Waals surface area contributed by atoms with Crippen molar-refractivity contribution >= 4 is 44.8 Å². The third-order valence-electron chi connectivity index (χ3n) is 2.33. The van der Waals surface area contributed by atoms with E-state index in [0.717, 1.165) is 0 Å². The highest BCUT2D eigenvalue weighted by Gasteiger charge is 2.17. The maximum atomic E-state index is 14.1. The van der Waals surface area contributed by atoms with Crippen LogP contribution in [0.15, 0.2) is 16.6 Å². The van der Waals surface area contributed by atoms with Gasteiger partial charge in [-0.1, -0.05) is 12.2 Å². The zero-order valence-electron chi connectivity index (χ0n) is 9.87. The minimum absolute atomic E-state index is 0.0493. The minimum atomic E-state index is -0.522. The monoisotopic (exact) mass is 334 g/mol. The first-order valence-electron chi connectivity index (χ1n) is 4.94. The van der Waals surface area contributed by atoms with Gasteiger partial charge in [0.25, 0.3) is 0 Å². The van der Waals surface area contributed by atoms with E-state index in [1.807, 2.05) is 0 Å². The third kappa shape index (κ3) is 3.17. The molecular weight excluding hydrogens is 323 g/mol. The zero-order valence-corrected chi connectivity index (χ0v) is 12.3. The Morgan fingerprint density at radius 3 is 2.72 bits per heavy atom. The molecule has 2 N–H and O–H groups in total. The number of benzene rings is 1. The van der Waals surface area contributed by atoms with Crippen molar-refractivity contribution in [1.29, 1.82) is 0 Å². The van der Waals surface area contributed by atoms with Gasteiger partial charge in [-0.25, -0.2) is 4.39 Å². The average Bonchev–Trinajstić information content (AvgIpc) is 2.31. The molecule has 0 aliphatic rings. The second-order valence-corrected chi connectivity index (χ2v) is 4.79. The molecule has 98 valence electrons. The fraction of sp³-hybridized carbons (Fsp3) is 0.273. The Morgan fingerprint density at radius 2 is 2.22 bits per heavy atom. The minimum Gasteiger partial charge on any atom is -0.468 e. The smallest absolute Gasteiger partial charge is 0.325 e. The third-order valence-corrected chi connectivity index (χ3v) is 3.33. The van der Waals surface area contributed by atoms with Crippen molar-refractivity contribution in [2.75, 3.05) is 25.6 Å². The number of halogens is 2. The first kappa shape index (κ1) is 14.8. The number of methoxy groups -OCH3 is 1. The lowest BCUT2D eigenvalue weighted by molar-refractivity contribution is -0.138. The van der Waals surface area contributed by atoms with Gasteiger partial charge in [-0.15, -0.1) is 0 Å². The van der Waals surface area contributed by atoms with Crippen LogP contribution in [0.2, 0.25) is 0 Å². The van der Waals surface area contributed by atoms with E-state index in [-0.39, 0.29) is 21.7 Å². The van der Waals surface area contributed by atoms with Crippen LogP contribution in [-0.4, -0.2) is 31.7 Å². The molecular formula is C11H12BrFN2O2S. The summed E-state index contributed by atoms with van der Waals surface area (Å²) in [4.78, 5) is 12.7. The molecule has 0 heterocycles. The number of thiocarbonyl (C=S) groups is 1. The van der Waals surface area contributed by atoms with E-state index in [1.165, 1.54) is 18.1 Å². The van der Waals surface area contributed by atoms with E-state index in [1.54, 1.807) is 13.1 Å². The van der Waals surface area contributed by atoms with Gasteiger partial charge >= 0.3 is 5.97 Å². The van der Waals surface area contributed by atoms with Crippen molar-refractivity contribution in [3.63, 3.8) is 0 Å². The van der Waals surface area contributed by atoms with Crippen molar-refractivity contribution in [2.45, 2.75) is 0 Å². The summed E-state index contributed by atoms with van der Waals surface area (Å²) in [6, 6.07) is 3.11. The molecule has 0 amide bonds. The molecule has 0 saturated heterocycles. The standard InChI is InChI=1S/C11H12BrFN2O2S/c1-15(5-8(16)17-2)7-4-3-6(11(14)18)9(12)10(7)13/h3-4H,5H2,1-2H3,(H2,14,18). The summed E-state index contributed by atoms with van der Waals surface area (Å²) < 4.78 is 18.8. The van der Waals surface area contributed by atoms with Crippen molar-refractivity contribution in [3.8, 4) is 0 Å². The molecule has 4 nitrogen and oxygen atoms in total. The summed E-state index contributed by atoms with van der Waals surface area (Å²) >= 11 is 7.90. The number of nitrogens with two attached hydrogens (primary N) is 1. The number of nitrogens with zero attached hydrogens (tertiary/aromatic N) is 1. The van der Waals surface area contributed by atoms with Gasteiger partial charge in [-0.05, 0) is 28.1 Å². The summed E-state index contributed by atoms with van der Waals surface area (Å²) in [5.41, 5.74) is 6.13. The summed E-state index contributed by atoms with van der Waals surface area (Å²) in [5, 5.41) is 0. The number of carbonyl (C=O) groups is 1. The average molecular weight is 335 g/mol. The van der Waals surface area contributed by atoms with Crippen LogP contribution < -0.4 is 10.6 Å². The molecule has 0 bridgehead atoms. The highest BCUT2D eigenvalue weighted by atomic mass is 79.9. The van der Waals surface area contributed by atoms with Crippen LogP contribution in [0.3, 0.4) is 0 Å². The molecule has 0 aromatic heterocycles. The van der Waals surface area contributed by atoms with Crippen molar-refractivity contribution in [1.82, 2.24) is 0 Å². The van der Waals surface area contributed by atoms with E-state index in [0.29, 0.717) is 5.56 Å². The van der Waals surface area contributed by atoms with E-state index in [9.17, 15) is 9.18 Å². The topological polar surface area (TPSA) is 55.6 Å². The van der Waals surface area contributed by atoms with E-state index in [2.05, 4.69) is 20.7 Å². The van der Waals surface area contributed by atoms with Gasteiger partial charge in [0, 0.05) is 12.6 Å². The predicted molar refractivity (Wildman–Crippen MR) is 75.3 cm³/mol. The van der Waals surface area contributed by atoms with Gasteiger partial charge in [-0.3, -0.25) is 4.79 Å². The normalized spacial score (nSPS) is 10.0. The molecule has 0 aliphatic heterocycles. The van der Waals surface area contributed by atoms with Crippen LogP contribution in [0.1, 0.15) is 5.56 Å². The molecule has 1 aromatic carbocycles. The van der Waals surface area contributed by atoms with Gasteiger partial charge < -0.3 is 15.4 Å². The van der Waals surface area contributed by atoms with Gasteiger partial charge in [-0.2, -0.15) is 0 Å². The fourth-order valence-electron chi connectivity index (χ4n) is 1.37. The van der Waals surface area contributed by atoms with Crippen molar-refractivity contribution in [2.24, 2.45) is 5.73 Å². The van der Waals surface area contributed by atoms with Crippen LogP contribution in [0.5, 0.6) is 0 Å². The largest absolute Gasteiger partial charge is 0.468 e. The lowest BCUT2D eigenvalue weighted by Crippen LogP contribution is -2.27. The molecule has 7 heteroatoms. The highest BCUT2D eigenvalue weighted by Crippen LogP contribution is 2.28. The summed E-state index contributed by atoms with van der Waals surface area (Å²) in [6.45, 7) is -0.0493. The molecule has 0 unspecified atom stereocenters. The Hall–Kier alpha value is -1.21. The lowest BCUT2D eigenvalue weighted by Gasteiger charge is -2.19. The molecule has 1 rings (SSSR count). The number of rotatable bonds is 4. The highest BCUT2D eigenvalue weighted by molar-refractivity contribution is 9.10. The molecule has 0 saturated carbocycles. The molecule has 0 aliphatic carbocycles. The Balaban J connectivity index is 3.08. The van der Waals surface area contributed by atoms with Crippen LogP contribution in [0.25, 0.3) is 0 Å². The van der Waals surface area contributed by atoms with E-state index in [4.69, 9.17) is 18.0 Å². The maximum absolute atomic E-state index is 14.1. The number of anilines is 1. The van der Waals surface area contributed by atoms with Gasteiger partial charge in [0.15, 0.2) is 5.82 Å². The molecule has 0 radical (unpaired) electrons. The SMILES string of the molecule is COC(=O)CN(C)c1ccc(C(N)=S)c(Br)c1F. The number of esters is 1. The van der Waals surface area contributed by atoms with Crippen LogP contribution in [0.4, 0.5) is 10.1 Å².